The predicted octanol–water partition coefficient (Wildman–Crippen LogP) is 5.06. The zero-order valence-corrected chi connectivity index (χ0v) is 13.9. The van der Waals surface area contributed by atoms with E-state index in [1.807, 2.05) is 12.1 Å². The third-order valence-corrected chi connectivity index (χ3v) is 4.71. The quantitative estimate of drug-likeness (QED) is 0.698. The molecule has 0 unspecified atom stereocenters. The Bertz CT molecular complexity index is 462. The van der Waals surface area contributed by atoms with E-state index in [4.69, 9.17) is 9.47 Å². The molecule has 1 fully saturated rings. The van der Waals surface area contributed by atoms with Gasteiger partial charge in [0.2, 0.25) is 0 Å². The zero-order valence-electron chi connectivity index (χ0n) is 12.3. The van der Waals surface area contributed by atoms with Crippen molar-refractivity contribution in [2.24, 2.45) is 5.92 Å². The van der Waals surface area contributed by atoms with Crippen molar-refractivity contribution < 1.29 is 9.47 Å². The number of halogens is 1. The molecule has 2 nitrogen and oxygen atoms in total. The standard InChI is InChI=1S/C17H23BrO2/c1-19-16-9-8-14(17(11-16)20-2)10-15(12-18)13-6-4-3-5-7-13/h8-11,13H,3-7,12H2,1-2H3/b15-10-. The van der Waals surface area contributed by atoms with Gasteiger partial charge in [-0.25, -0.2) is 0 Å². The van der Waals surface area contributed by atoms with Crippen LogP contribution in [0.25, 0.3) is 6.08 Å². The zero-order chi connectivity index (χ0) is 14.4. The van der Waals surface area contributed by atoms with E-state index in [1.165, 1.54) is 37.7 Å². The highest BCUT2D eigenvalue weighted by atomic mass is 79.9. The highest BCUT2D eigenvalue weighted by Crippen LogP contribution is 2.34. The van der Waals surface area contributed by atoms with Gasteiger partial charge in [0.15, 0.2) is 0 Å². The molecule has 1 saturated carbocycles. The van der Waals surface area contributed by atoms with Crippen LogP contribution in [0.5, 0.6) is 11.5 Å². The molecule has 0 heterocycles. The molecule has 0 spiro atoms. The van der Waals surface area contributed by atoms with Gasteiger partial charge < -0.3 is 9.47 Å². The first-order valence-electron chi connectivity index (χ1n) is 7.27. The van der Waals surface area contributed by atoms with Crippen molar-refractivity contribution in [3.8, 4) is 11.5 Å². The third kappa shape index (κ3) is 3.78. The fraction of sp³-hybridized carbons (Fsp3) is 0.529. The van der Waals surface area contributed by atoms with Crippen LogP contribution in [-0.4, -0.2) is 19.5 Å². The molecular weight excluding hydrogens is 316 g/mol. The summed E-state index contributed by atoms with van der Waals surface area (Å²) in [5, 5.41) is 0.937. The molecule has 20 heavy (non-hydrogen) atoms. The summed E-state index contributed by atoms with van der Waals surface area (Å²) < 4.78 is 10.7. The van der Waals surface area contributed by atoms with Crippen molar-refractivity contribution in [3.63, 3.8) is 0 Å². The van der Waals surface area contributed by atoms with Crippen LogP contribution in [0.1, 0.15) is 37.7 Å². The molecule has 1 aromatic carbocycles. The Labute approximate surface area is 130 Å². The summed E-state index contributed by atoms with van der Waals surface area (Å²) in [6, 6.07) is 6.00. The highest BCUT2D eigenvalue weighted by molar-refractivity contribution is 9.09. The summed E-state index contributed by atoms with van der Waals surface area (Å²) in [5.74, 6) is 2.42. The van der Waals surface area contributed by atoms with Crippen LogP contribution in [0.2, 0.25) is 0 Å². The van der Waals surface area contributed by atoms with E-state index >= 15 is 0 Å². The fourth-order valence-electron chi connectivity index (χ4n) is 2.88. The number of rotatable bonds is 5. The van der Waals surface area contributed by atoms with E-state index in [0.29, 0.717) is 0 Å². The fourth-order valence-corrected chi connectivity index (χ4v) is 3.50. The maximum Gasteiger partial charge on any atom is 0.129 e. The summed E-state index contributed by atoms with van der Waals surface area (Å²) in [7, 11) is 3.39. The monoisotopic (exact) mass is 338 g/mol. The van der Waals surface area contributed by atoms with E-state index in [1.54, 1.807) is 14.2 Å². The lowest BCUT2D eigenvalue weighted by atomic mass is 9.84. The van der Waals surface area contributed by atoms with Gasteiger partial charge >= 0.3 is 0 Å². The first kappa shape index (κ1) is 15.4. The number of benzene rings is 1. The normalized spacial score (nSPS) is 17.1. The molecule has 0 aromatic heterocycles. The number of hydrogen-bond donors (Lipinski definition) is 0. The van der Waals surface area contributed by atoms with E-state index in [0.717, 1.165) is 28.3 Å². The van der Waals surface area contributed by atoms with Crippen molar-refractivity contribution >= 4 is 22.0 Å². The van der Waals surface area contributed by atoms with Crippen molar-refractivity contribution in [2.45, 2.75) is 32.1 Å². The Morgan fingerprint density at radius 1 is 1.20 bits per heavy atom. The number of ether oxygens (including phenoxy) is 2. The van der Waals surface area contributed by atoms with Crippen molar-refractivity contribution in [2.75, 3.05) is 19.5 Å². The molecular formula is C17H23BrO2. The predicted molar refractivity (Wildman–Crippen MR) is 87.9 cm³/mol. The lowest BCUT2D eigenvalue weighted by Gasteiger charge is -2.24. The lowest BCUT2D eigenvalue weighted by molar-refractivity contribution is 0.393. The van der Waals surface area contributed by atoms with Gasteiger partial charge in [-0.1, -0.05) is 46.8 Å². The van der Waals surface area contributed by atoms with Gasteiger partial charge in [-0.2, -0.15) is 0 Å². The largest absolute Gasteiger partial charge is 0.497 e. The van der Waals surface area contributed by atoms with Crippen LogP contribution >= 0.6 is 15.9 Å². The Kier molecular flexibility index (Phi) is 5.96. The Morgan fingerprint density at radius 2 is 1.95 bits per heavy atom. The molecule has 2 rings (SSSR count). The Hall–Kier alpha value is -0.960. The first-order chi connectivity index (χ1) is 9.78. The van der Waals surface area contributed by atoms with E-state index in [9.17, 15) is 0 Å². The summed E-state index contributed by atoms with van der Waals surface area (Å²) in [6.45, 7) is 0. The molecule has 1 aromatic rings. The summed E-state index contributed by atoms with van der Waals surface area (Å²) >= 11 is 3.65. The van der Waals surface area contributed by atoms with Gasteiger partial charge in [0.1, 0.15) is 11.5 Å². The summed E-state index contributed by atoms with van der Waals surface area (Å²) in [5.41, 5.74) is 2.61. The summed E-state index contributed by atoms with van der Waals surface area (Å²) in [4.78, 5) is 0. The lowest BCUT2D eigenvalue weighted by Crippen LogP contribution is -2.10. The van der Waals surface area contributed by atoms with Gasteiger partial charge in [-0.3, -0.25) is 0 Å². The number of methoxy groups -OCH3 is 2. The van der Waals surface area contributed by atoms with Gasteiger partial charge in [0.25, 0.3) is 0 Å². The van der Waals surface area contributed by atoms with Crippen molar-refractivity contribution in [3.05, 3.63) is 29.3 Å². The van der Waals surface area contributed by atoms with Crippen LogP contribution in [0, 0.1) is 5.92 Å². The molecule has 0 saturated heterocycles. The molecule has 0 N–H and O–H groups in total. The highest BCUT2D eigenvalue weighted by Gasteiger charge is 2.17. The Balaban J connectivity index is 2.26. The van der Waals surface area contributed by atoms with Crippen molar-refractivity contribution in [1.82, 2.24) is 0 Å². The maximum absolute atomic E-state index is 5.48. The minimum atomic E-state index is 0.718. The average Bonchev–Trinajstić information content (AvgIpc) is 2.53. The van der Waals surface area contributed by atoms with Crippen LogP contribution in [0.3, 0.4) is 0 Å². The molecule has 0 radical (unpaired) electrons. The molecule has 3 heteroatoms. The van der Waals surface area contributed by atoms with Gasteiger partial charge in [-0.05, 0) is 30.9 Å². The van der Waals surface area contributed by atoms with Gasteiger partial charge in [0, 0.05) is 17.0 Å². The second-order valence-corrected chi connectivity index (χ2v) is 5.86. The van der Waals surface area contributed by atoms with Gasteiger partial charge in [0.05, 0.1) is 14.2 Å². The van der Waals surface area contributed by atoms with E-state index in [-0.39, 0.29) is 0 Å². The third-order valence-electron chi connectivity index (χ3n) is 4.07. The number of alkyl halides is 1. The van der Waals surface area contributed by atoms with Crippen LogP contribution in [0.4, 0.5) is 0 Å². The number of hydrogen-bond acceptors (Lipinski definition) is 2. The van der Waals surface area contributed by atoms with Crippen molar-refractivity contribution in [1.29, 1.82) is 0 Å². The Morgan fingerprint density at radius 3 is 2.55 bits per heavy atom. The van der Waals surface area contributed by atoms with Crippen LogP contribution < -0.4 is 9.47 Å². The van der Waals surface area contributed by atoms with E-state index in [2.05, 4.69) is 28.1 Å². The molecule has 0 amide bonds. The molecule has 1 aliphatic carbocycles. The van der Waals surface area contributed by atoms with Crippen LogP contribution in [-0.2, 0) is 0 Å². The topological polar surface area (TPSA) is 18.5 Å². The first-order valence-corrected chi connectivity index (χ1v) is 8.39. The SMILES string of the molecule is COc1ccc(/C=C(/CBr)C2CCCCC2)c(OC)c1. The minimum Gasteiger partial charge on any atom is -0.497 e. The molecule has 110 valence electrons. The smallest absolute Gasteiger partial charge is 0.129 e. The molecule has 1 aliphatic rings. The van der Waals surface area contributed by atoms with E-state index < -0.39 is 0 Å². The average molecular weight is 339 g/mol. The summed E-state index contributed by atoms with van der Waals surface area (Å²) in [6.07, 6.45) is 9.01. The van der Waals surface area contributed by atoms with Gasteiger partial charge in [-0.15, -0.1) is 0 Å². The minimum absolute atomic E-state index is 0.718. The molecule has 0 aliphatic heterocycles. The maximum atomic E-state index is 5.48. The number of allylic oxidation sites excluding steroid dienone is 1. The van der Waals surface area contributed by atoms with Crippen LogP contribution in [0.15, 0.2) is 23.8 Å². The molecule has 0 bridgehead atoms. The second kappa shape index (κ2) is 7.72. The molecule has 0 atom stereocenters. The second-order valence-electron chi connectivity index (χ2n) is 5.30.